The summed E-state index contributed by atoms with van der Waals surface area (Å²) in [5.74, 6) is 2.43. The van der Waals surface area contributed by atoms with E-state index in [-0.39, 0.29) is 27.0 Å². The number of aliphatic carboxylic acids is 1. The van der Waals surface area contributed by atoms with Gasteiger partial charge in [-0.3, -0.25) is 0 Å². The molecule has 1 aliphatic rings. The van der Waals surface area contributed by atoms with E-state index in [1.165, 1.54) is 51.4 Å². The molecular formula is C39H58O5Se. The van der Waals surface area contributed by atoms with Gasteiger partial charge in [0.25, 0.3) is 0 Å². The van der Waals surface area contributed by atoms with Crippen molar-refractivity contribution in [3.8, 4) is 11.5 Å². The van der Waals surface area contributed by atoms with Crippen molar-refractivity contribution in [3.05, 3.63) is 52.6 Å². The van der Waals surface area contributed by atoms with Gasteiger partial charge in [0.2, 0.25) is 0 Å². The Balaban J connectivity index is 1.54. The first-order valence-corrected chi connectivity index (χ1v) is 19.1. The predicted octanol–water partition coefficient (Wildman–Crippen LogP) is 9.33. The van der Waals surface area contributed by atoms with E-state index in [0.717, 1.165) is 69.5 Å². The first-order chi connectivity index (χ1) is 21.3. The van der Waals surface area contributed by atoms with Crippen LogP contribution in [0.25, 0.3) is 0 Å². The predicted molar refractivity (Wildman–Crippen MR) is 186 cm³/mol. The van der Waals surface area contributed by atoms with Gasteiger partial charge in [-0.2, -0.15) is 0 Å². The molecule has 1 N–H and O–H groups in total. The second-order valence-electron chi connectivity index (χ2n) is 14.4. The molecule has 0 saturated carbocycles. The zero-order valence-electron chi connectivity index (χ0n) is 29.2. The van der Waals surface area contributed by atoms with E-state index in [1.54, 1.807) is 0 Å². The van der Waals surface area contributed by atoms with Crippen LogP contribution in [0.15, 0.2) is 30.3 Å². The van der Waals surface area contributed by atoms with Crippen molar-refractivity contribution in [2.24, 2.45) is 17.8 Å². The summed E-state index contributed by atoms with van der Waals surface area (Å²) in [7, 11) is 0. The SMILES string of the molecule is Cc1c(C)c2c(c(C)c1OC(=O)CC([Se]c1ccccc1)C(=O)O)CCC(C)(CCCC(C)CCCC(C)CCCC(C)C)O2. The Morgan fingerprint density at radius 2 is 1.49 bits per heavy atom. The number of hydrogen-bond acceptors (Lipinski definition) is 4. The average Bonchev–Trinajstić information content (AvgIpc) is 2.98. The Labute approximate surface area is 279 Å². The molecule has 4 unspecified atom stereocenters. The Hall–Kier alpha value is -2.30. The van der Waals surface area contributed by atoms with E-state index in [1.807, 2.05) is 51.1 Å². The number of carbonyl (C=O) groups excluding carboxylic acids is 1. The van der Waals surface area contributed by atoms with Crippen LogP contribution < -0.4 is 13.9 Å². The maximum atomic E-state index is 13.0. The Kier molecular flexibility index (Phi) is 14.5. The third-order valence-corrected chi connectivity index (χ3v) is 12.2. The second kappa shape index (κ2) is 17.6. The molecule has 0 amide bonds. The molecule has 45 heavy (non-hydrogen) atoms. The van der Waals surface area contributed by atoms with Crippen LogP contribution in [-0.4, -0.2) is 37.6 Å². The Bertz CT molecular complexity index is 1260. The van der Waals surface area contributed by atoms with Gasteiger partial charge in [0.1, 0.15) is 0 Å². The number of carboxylic acid groups (broad SMARTS) is 1. The van der Waals surface area contributed by atoms with Crippen LogP contribution in [0.2, 0.25) is 4.82 Å². The van der Waals surface area contributed by atoms with Gasteiger partial charge in [-0.1, -0.05) is 72.6 Å². The summed E-state index contributed by atoms with van der Waals surface area (Å²) in [5.41, 5.74) is 3.72. The van der Waals surface area contributed by atoms with Gasteiger partial charge in [-0.15, -0.1) is 0 Å². The van der Waals surface area contributed by atoms with E-state index < -0.39 is 16.8 Å². The van der Waals surface area contributed by atoms with Crippen molar-refractivity contribution in [1.82, 2.24) is 0 Å². The standard InChI is InChI=1S/C39H58O5Se/c1-26(2)15-12-16-27(3)17-13-18-28(4)19-14-23-39(8)24-22-33-31(7)36(29(5)30(6)37(33)44-39)43-35(40)25-34(38(41)42)45-32-20-10-9-11-21-32/h9-11,20-21,26-28,34H,12-19,22-25H2,1-8H3,(H,41,42). The van der Waals surface area contributed by atoms with Crippen molar-refractivity contribution >= 4 is 31.4 Å². The zero-order valence-corrected chi connectivity index (χ0v) is 30.9. The van der Waals surface area contributed by atoms with Crippen LogP contribution in [0.4, 0.5) is 0 Å². The van der Waals surface area contributed by atoms with Crippen molar-refractivity contribution in [2.45, 2.75) is 143 Å². The topological polar surface area (TPSA) is 72.8 Å². The molecule has 250 valence electrons. The molecule has 0 bridgehead atoms. The monoisotopic (exact) mass is 686 g/mol. The van der Waals surface area contributed by atoms with Gasteiger partial charge in [-0.25, -0.2) is 0 Å². The van der Waals surface area contributed by atoms with Gasteiger partial charge in [0.15, 0.2) is 0 Å². The number of ether oxygens (including phenoxy) is 2. The summed E-state index contributed by atoms with van der Waals surface area (Å²) < 4.78 is 13.6. The number of fused-ring (bicyclic) bond motifs is 1. The molecule has 6 heteroatoms. The van der Waals surface area contributed by atoms with Gasteiger partial charge < -0.3 is 0 Å². The maximum absolute atomic E-state index is 13.0. The first kappa shape index (κ1) is 37.2. The molecule has 1 heterocycles. The summed E-state index contributed by atoms with van der Waals surface area (Å²) in [6.07, 6.45) is 13.2. The van der Waals surface area contributed by atoms with Crippen molar-refractivity contribution in [2.75, 3.05) is 0 Å². The van der Waals surface area contributed by atoms with Crippen LogP contribution in [0.3, 0.4) is 0 Å². The van der Waals surface area contributed by atoms with Crippen molar-refractivity contribution < 1.29 is 24.2 Å². The third kappa shape index (κ3) is 11.5. The van der Waals surface area contributed by atoms with Crippen molar-refractivity contribution in [1.29, 1.82) is 0 Å². The van der Waals surface area contributed by atoms with E-state index in [2.05, 4.69) is 34.6 Å². The average molecular weight is 686 g/mol. The van der Waals surface area contributed by atoms with Crippen LogP contribution >= 0.6 is 0 Å². The van der Waals surface area contributed by atoms with Gasteiger partial charge in [-0.05, 0) is 17.8 Å². The number of esters is 1. The number of carbonyl (C=O) groups is 2. The van der Waals surface area contributed by atoms with E-state index in [0.29, 0.717) is 5.75 Å². The number of rotatable bonds is 18. The van der Waals surface area contributed by atoms with E-state index in [9.17, 15) is 14.7 Å². The molecule has 0 fully saturated rings. The minimum absolute atomic E-state index is 0.149. The Morgan fingerprint density at radius 1 is 0.889 bits per heavy atom. The summed E-state index contributed by atoms with van der Waals surface area (Å²) in [6, 6.07) is 9.51. The zero-order chi connectivity index (χ0) is 33.1. The molecule has 2 aromatic rings. The molecule has 0 saturated heterocycles. The summed E-state index contributed by atoms with van der Waals surface area (Å²) in [5, 5.41) is 9.79. The molecule has 5 nitrogen and oxygen atoms in total. The summed E-state index contributed by atoms with van der Waals surface area (Å²) >= 11 is -0.371. The summed E-state index contributed by atoms with van der Waals surface area (Å²) in [4.78, 5) is 24.2. The molecular weight excluding hydrogens is 627 g/mol. The summed E-state index contributed by atoms with van der Waals surface area (Å²) in [6.45, 7) is 17.7. The second-order valence-corrected chi connectivity index (χ2v) is 17.0. The molecule has 0 spiro atoms. The quantitative estimate of drug-likeness (QED) is 0.0962. The molecule has 3 rings (SSSR count). The van der Waals surface area contributed by atoms with E-state index >= 15 is 0 Å². The van der Waals surface area contributed by atoms with Gasteiger partial charge in [0.05, 0.1) is 0 Å². The minimum atomic E-state index is -0.963. The van der Waals surface area contributed by atoms with Crippen molar-refractivity contribution in [3.63, 3.8) is 0 Å². The number of carboxylic acids is 1. The van der Waals surface area contributed by atoms with Crippen LogP contribution in [0, 0.1) is 38.5 Å². The number of benzene rings is 2. The first-order valence-electron chi connectivity index (χ1n) is 17.3. The normalized spacial score (nSPS) is 18.2. The molecule has 0 aliphatic carbocycles. The van der Waals surface area contributed by atoms with E-state index in [4.69, 9.17) is 9.47 Å². The molecule has 2 aromatic carbocycles. The van der Waals surface area contributed by atoms with Crippen LogP contribution in [-0.2, 0) is 16.0 Å². The van der Waals surface area contributed by atoms with Crippen LogP contribution in [0.5, 0.6) is 11.5 Å². The van der Waals surface area contributed by atoms with Crippen LogP contribution in [0.1, 0.15) is 128 Å². The van der Waals surface area contributed by atoms with Gasteiger partial charge in [0, 0.05) is 0 Å². The Morgan fingerprint density at radius 3 is 2.09 bits per heavy atom. The molecule has 0 radical (unpaired) electrons. The molecule has 1 aliphatic heterocycles. The number of hydrogen-bond donors (Lipinski definition) is 1. The fourth-order valence-electron chi connectivity index (χ4n) is 6.56. The molecule has 4 atom stereocenters. The fourth-order valence-corrected chi connectivity index (χ4v) is 8.58. The molecule has 0 aromatic heterocycles. The fraction of sp³-hybridized carbons (Fsp3) is 0.641. The third-order valence-electron chi connectivity index (χ3n) is 9.70. The van der Waals surface area contributed by atoms with Gasteiger partial charge >= 0.3 is 190 Å².